The summed E-state index contributed by atoms with van der Waals surface area (Å²) in [5, 5.41) is 3.91. The third-order valence-corrected chi connectivity index (χ3v) is 4.19. The molecule has 1 unspecified atom stereocenters. The number of nitrogens with zero attached hydrogens (tertiary/aromatic N) is 1. The highest BCUT2D eigenvalue weighted by molar-refractivity contribution is 9.10. The number of nitrogens with one attached hydrogen (secondary N) is 1. The van der Waals surface area contributed by atoms with Crippen LogP contribution in [0, 0.1) is 0 Å². The van der Waals surface area contributed by atoms with Crippen LogP contribution in [-0.4, -0.2) is 19.1 Å². The minimum absolute atomic E-state index is 0.124. The maximum atomic E-state index is 6.36. The Hall–Kier alpha value is -1.10. The van der Waals surface area contributed by atoms with Gasteiger partial charge < -0.3 is 10.1 Å². The van der Waals surface area contributed by atoms with Crippen LogP contribution in [0.25, 0.3) is 0 Å². The molecule has 1 N–H and O–H groups in total. The fourth-order valence-electron chi connectivity index (χ4n) is 1.98. The second kappa shape index (κ2) is 6.37. The molecule has 1 heterocycles. The smallest absolute Gasteiger partial charge is 0.142 e. The fourth-order valence-corrected chi connectivity index (χ4v) is 2.59. The molecule has 100 valence electrons. The van der Waals surface area contributed by atoms with Gasteiger partial charge in [0.25, 0.3) is 0 Å². The molecule has 0 aliphatic rings. The molecule has 0 aliphatic carbocycles. The predicted octanol–water partition coefficient (Wildman–Crippen LogP) is 3.81. The zero-order valence-electron chi connectivity index (χ0n) is 10.7. The fraction of sp³-hybridized carbons (Fsp3) is 0.214. The molecule has 0 aliphatic heterocycles. The highest BCUT2D eigenvalue weighted by Gasteiger charge is 2.21. The summed E-state index contributed by atoms with van der Waals surface area (Å²) in [7, 11) is 3.51. The number of benzene rings is 1. The van der Waals surface area contributed by atoms with E-state index in [9.17, 15) is 0 Å². The number of hydrogen-bond donors (Lipinski definition) is 1. The van der Waals surface area contributed by atoms with Crippen LogP contribution >= 0.6 is 27.5 Å². The maximum Gasteiger partial charge on any atom is 0.142 e. The van der Waals surface area contributed by atoms with Crippen molar-refractivity contribution in [2.75, 3.05) is 14.2 Å². The van der Waals surface area contributed by atoms with E-state index in [-0.39, 0.29) is 6.04 Å². The van der Waals surface area contributed by atoms with Gasteiger partial charge in [0.2, 0.25) is 0 Å². The van der Waals surface area contributed by atoms with Crippen molar-refractivity contribution in [3.63, 3.8) is 0 Å². The average molecular weight is 342 g/mol. The number of rotatable bonds is 4. The van der Waals surface area contributed by atoms with Crippen LogP contribution < -0.4 is 10.1 Å². The minimum Gasteiger partial charge on any atom is -0.495 e. The van der Waals surface area contributed by atoms with Gasteiger partial charge in [-0.1, -0.05) is 23.7 Å². The van der Waals surface area contributed by atoms with Crippen molar-refractivity contribution in [3.8, 4) is 5.75 Å². The molecule has 1 aromatic carbocycles. The van der Waals surface area contributed by atoms with Gasteiger partial charge in [0.1, 0.15) is 11.4 Å². The van der Waals surface area contributed by atoms with Crippen LogP contribution in [-0.2, 0) is 0 Å². The van der Waals surface area contributed by atoms with E-state index in [1.54, 1.807) is 13.3 Å². The summed E-state index contributed by atoms with van der Waals surface area (Å²) in [5.41, 5.74) is 1.77. The Labute approximate surface area is 126 Å². The Morgan fingerprint density at radius 1 is 1.32 bits per heavy atom. The number of ether oxygens (including phenoxy) is 1. The number of halogens is 2. The van der Waals surface area contributed by atoms with Crippen molar-refractivity contribution < 1.29 is 4.74 Å². The van der Waals surface area contributed by atoms with Crippen LogP contribution in [0.3, 0.4) is 0 Å². The van der Waals surface area contributed by atoms with E-state index >= 15 is 0 Å². The highest BCUT2D eigenvalue weighted by Crippen LogP contribution is 2.35. The van der Waals surface area contributed by atoms with Gasteiger partial charge in [-0.3, -0.25) is 4.98 Å². The van der Waals surface area contributed by atoms with Gasteiger partial charge >= 0.3 is 0 Å². The molecule has 0 radical (unpaired) electrons. The van der Waals surface area contributed by atoms with E-state index in [2.05, 4.69) is 26.2 Å². The van der Waals surface area contributed by atoms with Crippen molar-refractivity contribution in [1.82, 2.24) is 10.3 Å². The second-order valence-electron chi connectivity index (χ2n) is 3.96. The molecule has 5 heteroatoms. The first-order valence-corrected chi connectivity index (χ1v) is 6.96. The molecule has 0 spiro atoms. The van der Waals surface area contributed by atoms with Crippen LogP contribution in [0.1, 0.15) is 17.3 Å². The zero-order valence-corrected chi connectivity index (χ0v) is 13.0. The molecule has 3 nitrogen and oxygen atoms in total. The zero-order chi connectivity index (χ0) is 13.8. The summed E-state index contributed by atoms with van der Waals surface area (Å²) in [6.45, 7) is 0. The first-order valence-electron chi connectivity index (χ1n) is 5.79. The van der Waals surface area contributed by atoms with Crippen LogP contribution in [0.2, 0.25) is 5.02 Å². The predicted molar refractivity (Wildman–Crippen MR) is 80.8 cm³/mol. The largest absolute Gasteiger partial charge is 0.495 e. The summed E-state index contributed by atoms with van der Waals surface area (Å²) in [6.07, 6.45) is 1.74. The minimum atomic E-state index is -0.124. The van der Waals surface area contributed by atoms with Gasteiger partial charge in [0.15, 0.2) is 0 Å². The molecule has 0 bridgehead atoms. The molecule has 0 saturated heterocycles. The topological polar surface area (TPSA) is 34.2 Å². The second-order valence-corrected chi connectivity index (χ2v) is 5.19. The van der Waals surface area contributed by atoms with E-state index in [1.165, 1.54) is 0 Å². The normalized spacial score (nSPS) is 12.2. The van der Waals surface area contributed by atoms with Crippen LogP contribution in [0.4, 0.5) is 0 Å². The van der Waals surface area contributed by atoms with E-state index in [1.807, 2.05) is 37.4 Å². The molecule has 2 rings (SSSR count). The van der Waals surface area contributed by atoms with E-state index in [0.717, 1.165) is 21.5 Å². The third-order valence-electron chi connectivity index (χ3n) is 2.87. The van der Waals surface area contributed by atoms with E-state index in [4.69, 9.17) is 16.3 Å². The van der Waals surface area contributed by atoms with Crippen LogP contribution in [0.5, 0.6) is 5.75 Å². The monoisotopic (exact) mass is 340 g/mol. The molecule has 1 atom stereocenters. The Bertz CT molecular complexity index is 577. The Morgan fingerprint density at radius 3 is 2.79 bits per heavy atom. The summed E-state index contributed by atoms with van der Waals surface area (Å²) >= 11 is 9.80. The van der Waals surface area contributed by atoms with Gasteiger partial charge in [-0.2, -0.15) is 0 Å². The van der Waals surface area contributed by atoms with E-state index < -0.39 is 0 Å². The average Bonchev–Trinajstić information content (AvgIpc) is 2.45. The molecular weight excluding hydrogens is 328 g/mol. The lowest BCUT2D eigenvalue weighted by molar-refractivity contribution is 0.401. The lowest BCUT2D eigenvalue weighted by Crippen LogP contribution is -2.20. The Balaban J connectivity index is 2.53. The maximum absolute atomic E-state index is 6.36. The molecule has 19 heavy (non-hydrogen) atoms. The SMILES string of the molecule is CNC(c1cccc(Br)c1Cl)c1ncccc1OC. The quantitative estimate of drug-likeness (QED) is 0.918. The number of aromatic nitrogens is 1. The van der Waals surface area contributed by atoms with Gasteiger partial charge in [-0.05, 0) is 46.7 Å². The summed E-state index contributed by atoms with van der Waals surface area (Å²) in [6, 6.07) is 9.44. The van der Waals surface area contributed by atoms with Crippen molar-refractivity contribution >= 4 is 27.5 Å². The third kappa shape index (κ3) is 2.91. The van der Waals surface area contributed by atoms with Gasteiger partial charge in [0.05, 0.1) is 18.2 Å². The van der Waals surface area contributed by atoms with Crippen molar-refractivity contribution in [1.29, 1.82) is 0 Å². The first kappa shape index (κ1) is 14.3. The van der Waals surface area contributed by atoms with Crippen molar-refractivity contribution in [3.05, 3.63) is 57.3 Å². The molecule has 0 amide bonds. The molecule has 2 aromatic rings. The lowest BCUT2D eigenvalue weighted by atomic mass is 10.0. The highest BCUT2D eigenvalue weighted by atomic mass is 79.9. The van der Waals surface area contributed by atoms with Gasteiger partial charge in [-0.25, -0.2) is 0 Å². The lowest BCUT2D eigenvalue weighted by Gasteiger charge is -2.20. The molecule has 1 aromatic heterocycles. The summed E-state index contributed by atoms with van der Waals surface area (Å²) in [5.74, 6) is 0.734. The van der Waals surface area contributed by atoms with Crippen molar-refractivity contribution in [2.45, 2.75) is 6.04 Å². The number of methoxy groups -OCH3 is 1. The first-order chi connectivity index (χ1) is 9.19. The number of hydrogen-bond acceptors (Lipinski definition) is 3. The summed E-state index contributed by atoms with van der Waals surface area (Å²) < 4.78 is 6.23. The molecule has 0 saturated carbocycles. The standard InChI is InChI=1S/C14H14BrClN2O/c1-17-13(9-5-3-6-10(15)12(9)16)14-11(19-2)7-4-8-18-14/h3-8,13,17H,1-2H3. The number of pyridine rings is 1. The van der Waals surface area contributed by atoms with E-state index in [0.29, 0.717) is 5.02 Å². The van der Waals surface area contributed by atoms with Crippen molar-refractivity contribution in [2.24, 2.45) is 0 Å². The summed E-state index contributed by atoms with van der Waals surface area (Å²) in [4.78, 5) is 4.41. The Kier molecular flexibility index (Phi) is 4.80. The molecule has 0 fully saturated rings. The molecular formula is C14H14BrClN2O. The van der Waals surface area contributed by atoms with Gasteiger partial charge in [-0.15, -0.1) is 0 Å². The Morgan fingerprint density at radius 2 is 2.11 bits per heavy atom. The van der Waals surface area contributed by atoms with Crippen LogP contribution in [0.15, 0.2) is 41.0 Å². The van der Waals surface area contributed by atoms with Gasteiger partial charge in [0, 0.05) is 10.7 Å².